The summed E-state index contributed by atoms with van der Waals surface area (Å²) >= 11 is 0. The van der Waals surface area contributed by atoms with Crippen molar-refractivity contribution in [2.24, 2.45) is 5.92 Å². The van der Waals surface area contributed by atoms with Gasteiger partial charge in [-0.05, 0) is 26.2 Å². The van der Waals surface area contributed by atoms with Gasteiger partial charge in [-0.25, -0.2) is 0 Å². The summed E-state index contributed by atoms with van der Waals surface area (Å²) in [4.78, 5) is 15.3. The fraction of sp³-hybridized carbons (Fsp3) is 0.700. The fourth-order valence-electron chi connectivity index (χ4n) is 1.43. The average molecular weight is 194 g/mol. The van der Waals surface area contributed by atoms with E-state index in [0.717, 1.165) is 12.2 Å². The first-order valence-electron chi connectivity index (χ1n) is 4.93. The summed E-state index contributed by atoms with van der Waals surface area (Å²) < 4.78 is 5.06. The lowest BCUT2D eigenvalue weighted by atomic mass is 10.1. The van der Waals surface area contributed by atoms with Crippen LogP contribution in [0.4, 0.5) is 0 Å². The molecule has 1 saturated carbocycles. The van der Waals surface area contributed by atoms with E-state index in [1.165, 1.54) is 6.92 Å². The van der Waals surface area contributed by atoms with Crippen LogP contribution in [0.3, 0.4) is 0 Å². The third-order valence-electron chi connectivity index (χ3n) is 2.88. The maximum Gasteiger partial charge on any atom is 0.236 e. The number of carbonyl (C=O) groups is 1. The van der Waals surface area contributed by atoms with Crippen LogP contribution < -0.4 is 0 Å². The molecule has 0 aliphatic heterocycles. The van der Waals surface area contributed by atoms with Gasteiger partial charge < -0.3 is 4.52 Å². The van der Waals surface area contributed by atoms with Crippen LogP contribution in [0.1, 0.15) is 50.7 Å². The molecule has 14 heavy (non-hydrogen) atoms. The monoisotopic (exact) mass is 194 g/mol. The second kappa shape index (κ2) is 3.19. The van der Waals surface area contributed by atoms with Crippen molar-refractivity contribution in [3.63, 3.8) is 0 Å². The summed E-state index contributed by atoms with van der Waals surface area (Å²) in [6, 6.07) is 0. The van der Waals surface area contributed by atoms with Crippen LogP contribution in [-0.4, -0.2) is 15.9 Å². The molecule has 0 bridgehead atoms. The van der Waals surface area contributed by atoms with E-state index >= 15 is 0 Å². The molecule has 1 fully saturated rings. The SMILES string of the molecule is CC(=O)C(C)c1nc(C2CC2C)no1. The second-order valence-corrected chi connectivity index (χ2v) is 4.14. The highest BCUT2D eigenvalue weighted by atomic mass is 16.5. The molecule has 0 spiro atoms. The van der Waals surface area contributed by atoms with Gasteiger partial charge in [-0.1, -0.05) is 12.1 Å². The molecule has 1 aliphatic carbocycles. The molecule has 3 unspecified atom stereocenters. The number of Topliss-reactive ketones (excluding diaryl/α,β-unsaturated/α-hetero) is 1. The van der Waals surface area contributed by atoms with Crippen LogP contribution >= 0.6 is 0 Å². The minimum absolute atomic E-state index is 0.0593. The van der Waals surface area contributed by atoms with Gasteiger partial charge in [0.05, 0.1) is 5.92 Å². The Labute approximate surface area is 82.7 Å². The van der Waals surface area contributed by atoms with Gasteiger partial charge in [-0.3, -0.25) is 4.79 Å². The topological polar surface area (TPSA) is 56.0 Å². The van der Waals surface area contributed by atoms with E-state index in [1.807, 2.05) is 0 Å². The van der Waals surface area contributed by atoms with Crippen molar-refractivity contribution >= 4 is 5.78 Å². The molecular weight excluding hydrogens is 180 g/mol. The molecular formula is C10H14N2O2. The number of rotatable bonds is 3. The first-order chi connectivity index (χ1) is 6.59. The zero-order valence-electron chi connectivity index (χ0n) is 8.65. The first kappa shape index (κ1) is 9.37. The molecule has 1 aromatic heterocycles. The molecule has 4 heteroatoms. The van der Waals surface area contributed by atoms with Crippen LogP contribution in [0.15, 0.2) is 4.52 Å². The zero-order chi connectivity index (χ0) is 10.3. The van der Waals surface area contributed by atoms with Crippen LogP contribution in [0, 0.1) is 5.92 Å². The predicted octanol–water partition coefficient (Wildman–Crippen LogP) is 1.89. The van der Waals surface area contributed by atoms with Gasteiger partial charge in [-0.2, -0.15) is 4.98 Å². The summed E-state index contributed by atoms with van der Waals surface area (Å²) in [6.45, 7) is 5.49. The number of nitrogens with zero attached hydrogens (tertiary/aromatic N) is 2. The van der Waals surface area contributed by atoms with E-state index in [4.69, 9.17) is 4.52 Å². The summed E-state index contributed by atoms with van der Waals surface area (Å²) in [7, 11) is 0. The number of ketones is 1. The van der Waals surface area contributed by atoms with Gasteiger partial charge in [0.1, 0.15) is 5.78 Å². The molecule has 0 aromatic carbocycles. The molecule has 0 saturated heterocycles. The van der Waals surface area contributed by atoms with Crippen LogP contribution in [0.5, 0.6) is 0 Å². The molecule has 3 atom stereocenters. The zero-order valence-corrected chi connectivity index (χ0v) is 8.65. The number of hydrogen-bond donors (Lipinski definition) is 0. The Bertz CT molecular complexity index is 359. The van der Waals surface area contributed by atoms with Gasteiger partial charge in [-0.15, -0.1) is 0 Å². The minimum atomic E-state index is -0.273. The van der Waals surface area contributed by atoms with E-state index in [-0.39, 0.29) is 11.7 Å². The highest BCUT2D eigenvalue weighted by Crippen LogP contribution is 2.45. The Balaban J connectivity index is 2.13. The van der Waals surface area contributed by atoms with E-state index in [1.54, 1.807) is 6.92 Å². The summed E-state index contributed by atoms with van der Waals surface area (Å²) in [5.41, 5.74) is 0. The van der Waals surface area contributed by atoms with E-state index in [2.05, 4.69) is 17.1 Å². The third-order valence-corrected chi connectivity index (χ3v) is 2.88. The molecule has 0 N–H and O–H groups in total. The number of aromatic nitrogens is 2. The summed E-state index contributed by atoms with van der Waals surface area (Å²) in [5, 5.41) is 3.89. The molecule has 1 heterocycles. The first-order valence-corrected chi connectivity index (χ1v) is 4.93. The largest absolute Gasteiger partial charge is 0.339 e. The lowest BCUT2D eigenvalue weighted by Crippen LogP contribution is -2.04. The third kappa shape index (κ3) is 1.56. The van der Waals surface area contributed by atoms with Crippen molar-refractivity contribution < 1.29 is 9.32 Å². The van der Waals surface area contributed by atoms with Crippen LogP contribution in [0.2, 0.25) is 0 Å². The predicted molar refractivity (Wildman–Crippen MR) is 49.9 cm³/mol. The van der Waals surface area contributed by atoms with Crippen molar-refractivity contribution in [3.8, 4) is 0 Å². The van der Waals surface area contributed by atoms with Crippen molar-refractivity contribution in [3.05, 3.63) is 11.7 Å². The highest BCUT2D eigenvalue weighted by molar-refractivity contribution is 5.81. The normalized spacial score (nSPS) is 27.4. The highest BCUT2D eigenvalue weighted by Gasteiger charge is 2.38. The Hall–Kier alpha value is -1.19. The van der Waals surface area contributed by atoms with E-state index in [9.17, 15) is 4.79 Å². The Kier molecular flexibility index (Phi) is 2.13. The molecule has 0 amide bonds. The molecule has 2 rings (SSSR count). The van der Waals surface area contributed by atoms with Crippen molar-refractivity contribution in [1.82, 2.24) is 10.1 Å². The standard InChI is InChI=1S/C10H14N2O2/c1-5-4-8(5)9-11-10(14-12-9)6(2)7(3)13/h5-6,8H,4H2,1-3H3. The Morgan fingerprint density at radius 1 is 1.64 bits per heavy atom. The molecule has 1 aliphatic rings. The van der Waals surface area contributed by atoms with Gasteiger partial charge in [0.2, 0.25) is 5.89 Å². The van der Waals surface area contributed by atoms with Gasteiger partial charge in [0.15, 0.2) is 5.82 Å². The lowest BCUT2D eigenvalue weighted by molar-refractivity contribution is -0.118. The van der Waals surface area contributed by atoms with Crippen molar-refractivity contribution in [1.29, 1.82) is 0 Å². The smallest absolute Gasteiger partial charge is 0.236 e. The average Bonchev–Trinajstić information content (AvgIpc) is 2.67. The summed E-state index contributed by atoms with van der Waals surface area (Å²) in [5.74, 6) is 2.11. The van der Waals surface area contributed by atoms with Crippen molar-refractivity contribution in [2.75, 3.05) is 0 Å². The molecule has 76 valence electrons. The van der Waals surface area contributed by atoms with Crippen LogP contribution in [-0.2, 0) is 4.79 Å². The maximum atomic E-state index is 11.1. The minimum Gasteiger partial charge on any atom is -0.339 e. The molecule has 1 aromatic rings. The number of hydrogen-bond acceptors (Lipinski definition) is 4. The summed E-state index contributed by atoms with van der Waals surface area (Å²) in [6.07, 6.45) is 1.13. The van der Waals surface area contributed by atoms with Crippen LogP contribution in [0.25, 0.3) is 0 Å². The van der Waals surface area contributed by atoms with E-state index in [0.29, 0.717) is 17.7 Å². The van der Waals surface area contributed by atoms with Crippen molar-refractivity contribution in [2.45, 2.75) is 39.0 Å². The lowest BCUT2D eigenvalue weighted by Gasteiger charge is -1.97. The fourth-order valence-corrected chi connectivity index (χ4v) is 1.43. The van der Waals surface area contributed by atoms with Gasteiger partial charge >= 0.3 is 0 Å². The van der Waals surface area contributed by atoms with Gasteiger partial charge in [0, 0.05) is 5.92 Å². The number of carbonyl (C=O) groups excluding carboxylic acids is 1. The Morgan fingerprint density at radius 3 is 2.79 bits per heavy atom. The quantitative estimate of drug-likeness (QED) is 0.737. The Morgan fingerprint density at radius 2 is 2.29 bits per heavy atom. The second-order valence-electron chi connectivity index (χ2n) is 4.14. The maximum absolute atomic E-state index is 11.1. The van der Waals surface area contributed by atoms with Gasteiger partial charge in [0.25, 0.3) is 0 Å². The molecule has 0 radical (unpaired) electrons. The molecule has 4 nitrogen and oxygen atoms in total. The van der Waals surface area contributed by atoms with E-state index < -0.39 is 0 Å².